The zero-order valence-corrected chi connectivity index (χ0v) is 16.3. The Hall–Kier alpha value is -1.63. The maximum Gasteiger partial charge on any atom is 0.331 e. The Balaban J connectivity index is 0. The van der Waals surface area contributed by atoms with Crippen LogP contribution in [0.5, 0.6) is 0 Å². The van der Waals surface area contributed by atoms with E-state index in [0.29, 0.717) is 6.08 Å². The number of carboxylic acid groups (broad SMARTS) is 2. The van der Waals surface area contributed by atoms with Crippen molar-refractivity contribution in [2.75, 3.05) is 0 Å². The molecule has 0 aliphatic rings. The quantitative estimate of drug-likeness (QED) is 0.338. The lowest BCUT2D eigenvalue weighted by Gasteiger charge is -1.98. The van der Waals surface area contributed by atoms with Crippen LogP contribution in [0.1, 0.15) is 52.4 Å². The average Bonchev–Trinajstić information content (AvgIpc) is 2.88. The second-order valence-electron chi connectivity index (χ2n) is 5.56. The first-order valence-corrected chi connectivity index (χ1v) is 8.02. The molecule has 1 heterocycles. The lowest BCUT2D eigenvalue weighted by molar-refractivity contribution is -0.671. The number of unbranched alkanes of at least 4 members (excludes halogenated alkanes) is 5. The van der Waals surface area contributed by atoms with Gasteiger partial charge in [-0.05, 0) is 19.8 Å². The summed E-state index contributed by atoms with van der Waals surface area (Å²) in [5.41, 5.74) is -0.178. The lowest BCUT2D eigenvalue weighted by atomic mass is 10.1. The summed E-state index contributed by atoms with van der Waals surface area (Å²) in [4.78, 5) is 19.7. The van der Waals surface area contributed by atoms with Crippen LogP contribution >= 0.6 is 0 Å². The summed E-state index contributed by atoms with van der Waals surface area (Å²) in [6, 6.07) is 0. The number of carboxylic acids is 2. The normalized spacial score (nSPS) is 10.4. The van der Waals surface area contributed by atoms with Gasteiger partial charge in [-0.3, -0.25) is 0 Å². The third kappa shape index (κ3) is 14.0. The minimum absolute atomic E-state index is 0. The Labute approximate surface area is 154 Å². The molecule has 0 spiro atoms. The molecule has 1 rings (SSSR count). The zero-order valence-electron chi connectivity index (χ0n) is 14.7. The van der Waals surface area contributed by atoms with Crippen molar-refractivity contribution in [1.82, 2.24) is 4.57 Å². The van der Waals surface area contributed by atoms with Gasteiger partial charge in [0.05, 0.1) is 13.6 Å². The third-order valence-corrected chi connectivity index (χ3v) is 3.27. The van der Waals surface area contributed by atoms with E-state index in [4.69, 9.17) is 10.2 Å². The van der Waals surface area contributed by atoms with Crippen molar-refractivity contribution in [2.24, 2.45) is 7.05 Å². The van der Waals surface area contributed by atoms with Crippen molar-refractivity contribution in [3.05, 3.63) is 30.4 Å². The maximum absolute atomic E-state index is 9.90. The van der Waals surface area contributed by atoms with Crippen LogP contribution in [0.25, 0.3) is 0 Å². The van der Waals surface area contributed by atoms with Crippen molar-refractivity contribution in [1.29, 1.82) is 0 Å². The van der Waals surface area contributed by atoms with E-state index >= 15 is 0 Å². The Morgan fingerprint density at radius 2 is 1.71 bits per heavy atom. The smallest absolute Gasteiger partial charge is 0.331 e. The summed E-state index contributed by atoms with van der Waals surface area (Å²) in [5, 5.41) is 16.1. The molecular formula is C17H29BrN2O4. The number of hydrogen-bond donors (Lipinski definition) is 2. The molecule has 6 nitrogen and oxygen atoms in total. The van der Waals surface area contributed by atoms with Gasteiger partial charge in [0.15, 0.2) is 0 Å². The van der Waals surface area contributed by atoms with Crippen LogP contribution < -0.4 is 21.5 Å². The largest absolute Gasteiger partial charge is 1.00 e. The van der Waals surface area contributed by atoms with Gasteiger partial charge in [-0.25, -0.2) is 18.7 Å². The molecule has 0 bridgehead atoms. The van der Waals surface area contributed by atoms with E-state index in [1.165, 1.54) is 52.0 Å². The van der Waals surface area contributed by atoms with E-state index in [9.17, 15) is 9.59 Å². The van der Waals surface area contributed by atoms with Crippen LogP contribution in [0.15, 0.2) is 30.4 Å². The number of rotatable bonds is 9. The first-order valence-electron chi connectivity index (χ1n) is 8.02. The SMILES string of the molecule is C/C(=C/C(=O)O)C(=O)O.CCCCCCCCn1cc[n+](C)c1.[Br-]. The van der Waals surface area contributed by atoms with Gasteiger partial charge in [-0.2, -0.15) is 0 Å². The first-order chi connectivity index (χ1) is 10.9. The van der Waals surface area contributed by atoms with Gasteiger partial charge < -0.3 is 27.2 Å². The number of imidazole rings is 1. The van der Waals surface area contributed by atoms with Crippen molar-refractivity contribution in [3.63, 3.8) is 0 Å². The summed E-state index contributed by atoms with van der Waals surface area (Å²) < 4.78 is 4.36. The molecule has 0 fully saturated rings. The molecule has 0 unspecified atom stereocenters. The van der Waals surface area contributed by atoms with Gasteiger partial charge in [0.1, 0.15) is 12.4 Å². The Morgan fingerprint density at radius 3 is 2.12 bits per heavy atom. The summed E-state index contributed by atoms with van der Waals surface area (Å²) in [6.45, 7) is 4.66. The molecule has 0 aliphatic heterocycles. The van der Waals surface area contributed by atoms with Crippen LogP contribution in [0.2, 0.25) is 0 Å². The van der Waals surface area contributed by atoms with Crippen molar-refractivity contribution >= 4 is 11.9 Å². The van der Waals surface area contributed by atoms with Gasteiger partial charge in [-0.15, -0.1) is 0 Å². The van der Waals surface area contributed by atoms with Gasteiger partial charge in [0.25, 0.3) is 0 Å². The lowest BCUT2D eigenvalue weighted by Crippen LogP contribution is -3.00. The molecule has 2 N–H and O–H groups in total. The Morgan fingerprint density at radius 1 is 1.12 bits per heavy atom. The number of hydrogen-bond acceptors (Lipinski definition) is 2. The van der Waals surface area contributed by atoms with E-state index in [-0.39, 0.29) is 22.6 Å². The molecule has 0 saturated heterocycles. The van der Waals surface area contributed by atoms with Crippen molar-refractivity contribution < 1.29 is 41.4 Å². The molecule has 138 valence electrons. The topological polar surface area (TPSA) is 83.4 Å². The monoisotopic (exact) mass is 404 g/mol. The van der Waals surface area contributed by atoms with Gasteiger partial charge >= 0.3 is 11.9 Å². The molecule has 1 aromatic rings. The van der Waals surface area contributed by atoms with E-state index in [1.807, 2.05) is 0 Å². The van der Waals surface area contributed by atoms with E-state index in [1.54, 1.807) is 0 Å². The van der Waals surface area contributed by atoms with Crippen LogP contribution in [-0.4, -0.2) is 26.7 Å². The molecule has 24 heavy (non-hydrogen) atoms. The van der Waals surface area contributed by atoms with Gasteiger partial charge in [0.2, 0.25) is 6.33 Å². The highest BCUT2D eigenvalue weighted by molar-refractivity contribution is 5.93. The minimum Gasteiger partial charge on any atom is -1.00 e. The third-order valence-electron chi connectivity index (χ3n) is 3.27. The van der Waals surface area contributed by atoms with Crippen LogP contribution in [0, 0.1) is 0 Å². The van der Waals surface area contributed by atoms with E-state index in [2.05, 4.69) is 41.8 Å². The average molecular weight is 405 g/mol. The summed E-state index contributed by atoms with van der Waals surface area (Å²) in [5.74, 6) is -2.45. The Bertz CT molecular complexity index is 512. The molecule has 0 saturated carbocycles. The molecular weight excluding hydrogens is 376 g/mol. The Kier molecular flexibility index (Phi) is 15.3. The van der Waals surface area contributed by atoms with Crippen LogP contribution in [0.4, 0.5) is 0 Å². The number of nitrogens with zero attached hydrogens (tertiary/aromatic N) is 2. The first kappa shape index (κ1) is 24.6. The fourth-order valence-electron chi connectivity index (χ4n) is 1.96. The predicted octanol–water partition coefficient (Wildman–Crippen LogP) is -0.221. The number of aromatic nitrogens is 2. The zero-order chi connectivity index (χ0) is 17.7. The molecule has 0 radical (unpaired) electrons. The summed E-state index contributed by atoms with van der Waals surface area (Å²) in [6.07, 6.45) is 15.3. The second-order valence-corrected chi connectivity index (χ2v) is 5.56. The molecule has 0 amide bonds. The molecule has 0 atom stereocenters. The van der Waals surface area contributed by atoms with Crippen LogP contribution in [-0.2, 0) is 23.2 Å². The fraction of sp³-hybridized carbons (Fsp3) is 0.588. The predicted molar refractivity (Wildman–Crippen MR) is 88.0 cm³/mol. The molecule has 0 aliphatic carbocycles. The molecule has 1 aromatic heterocycles. The summed E-state index contributed by atoms with van der Waals surface area (Å²) in [7, 11) is 2.07. The summed E-state index contributed by atoms with van der Waals surface area (Å²) >= 11 is 0. The number of halogens is 1. The maximum atomic E-state index is 9.90. The van der Waals surface area contributed by atoms with Crippen molar-refractivity contribution in [2.45, 2.75) is 58.9 Å². The van der Waals surface area contributed by atoms with E-state index < -0.39 is 11.9 Å². The fourth-order valence-corrected chi connectivity index (χ4v) is 1.96. The van der Waals surface area contributed by atoms with Crippen molar-refractivity contribution in [3.8, 4) is 0 Å². The van der Waals surface area contributed by atoms with Gasteiger partial charge in [-0.1, -0.05) is 32.6 Å². The molecule has 7 heteroatoms. The van der Waals surface area contributed by atoms with E-state index in [0.717, 1.165) is 0 Å². The highest BCUT2D eigenvalue weighted by Gasteiger charge is 2.00. The van der Waals surface area contributed by atoms with Crippen LogP contribution in [0.3, 0.4) is 0 Å². The minimum atomic E-state index is -1.24. The number of aliphatic carboxylic acids is 2. The second kappa shape index (κ2) is 14.9. The number of carbonyl (C=O) groups is 2. The highest BCUT2D eigenvalue weighted by Crippen LogP contribution is 2.05. The highest BCUT2D eigenvalue weighted by atomic mass is 79.9. The standard InChI is InChI=1S/C12H23N2.C5H6O4.BrH/c1-3-4-5-6-7-8-9-14-11-10-13(2)12-14;1-3(5(8)9)2-4(6)7;/h10-12H,3-9H2,1-2H3;2H,1H3,(H,6,7)(H,8,9);1H/q+1;;/p-1/b;3-2-;. The molecule has 0 aromatic carbocycles. The number of aryl methyl sites for hydroxylation is 2. The van der Waals surface area contributed by atoms with Gasteiger partial charge in [0, 0.05) is 11.6 Å².